The molecule has 0 aliphatic carbocycles. The van der Waals surface area contributed by atoms with Crippen LogP contribution < -0.4 is 0 Å². The molecule has 4 saturated heterocycles. The number of carbonyl (C=O) groups is 1. The van der Waals surface area contributed by atoms with Gasteiger partial charge in [0.25, 0.3) is 8.32 Å². The van der Waals surface area contributed by atoms with E-state index in [0.717, 1.165) is 31.2 Å². The number of hydrogen-bond acceptors (Lipinski definition) is 7. The maximum atomic E-state index is 14.0. The van der Waals surface area contributed by atoms with Crippen LogP contribution in [0.2, 0.25) is 16.6 Å². The number of sulfone groups is 1. The van der Waals surface area contributed by atoms with E-state index in [2.05, 4.69) is 54.4 Å². The van der Waals surface area contributed by atoms with Crippen molar-refractivity contribution in [2.24, 2.45) is 11.8 Å². The average molecular weight is 645 g/mol. The summed E-state index contributed by atoms with van der Waals surface area (Å²) in [5, 5.41) is 0.764. The van der Waals surface area contributed by atoms with Crippen molar-refractivity contribution in [3.05, 3.63) is 54.3 Å². The van der Waals surface area contributed by atoms with Crippen LogP contribution in [0.4, 0.5) is 4.79 Å². The van der Waals surface area contributed by atoms with Crippen LogP contribution in [0.1, 0.15) is 85.6 Å². The molecule has 1 unspecified atom stereocenters. The van der Waals surface area contributed by atoms with E-state index in [1.54, 1.807) is 22.1 Å². The van der Waals surface area contributed by atoms with E-state index < -0.39 is 35.3 Å². The van der Waals surface area contributed by atoms with E-state index in [1.807, 2.05) is 25.1 Å². The number of carbonyl (C=O) groups excluding carboxylic acids is 1. The minimum absolute atomic E-state index is 0.0241. The molecule has 0 aromatic heterocycles. The van der Waals surface area contributed by atoms with Crippen molar-refractivity contribution in [2.45, 2.75) is 126 Å². The summed E-state index contributed by atoms with van der Waals surface area (Å²) >= 11 is 0. The Kier molecular flexibility index (Phi) is 9.49. The van der Waals surface area contributed by atoms with E-state index in [1.165, 1.54) is 5.57 Å². The van der Waals surface area contributed by atoms with Crippen molar-refractivity contribution in [1.29, 1.82) is 0 Å². The van der Waals surface area contributed by atoms with Crippen molar-refractivity contribution in [1.82, 2.24) is 9.96 Å². The highest BCUT2D eigenvalue weighted by molar-refractivity contribution is 7.92. The smallest absolute Gasteiger partial charge is 0.411 e. The Balaban J connectivity index is 1.46. The second kappa shape index (κ2) is 12.6. The molecule has 1 spiro atoms. The molecule has 4 heterocycles. The summed E-state index contributed by atoms with van der Waals surface area (Å²) in [6.07, 6.45) is 7.87. The zero-order chi connectivity index (χ0) is 32.0. The van der Waals surface area contributed by atoms with Crippen LogP contribution in [0, 0.1) is 18.8 Å². The molecule has 4 aliphatic heterocycles. The van der Waals surface area contributed by atoms with Gasteiger partial charge < -0.3 is 9.16 Å². The van der Waals surface area contributed by atoms with E-state index >= 15 is 0 Å². The molecule has 5 atom stereocenters. The van der Waals surface area contributed by atoms with Gasteiger partial charge in [0.2, 0.25) is 0 Å². The van der Waals surface area contributed by atoms with Crippen molar-refractivity contribution >= 4 is 24.2 Å². The van der Waals surface area contributed by atoms with E-state index in [0.29, 0.717) is 36.0 Å². The quantitative estimate of drug-likeness (QED) is 0.0941. The second-order valence-electron chi connectivity index (χ2n) is 14.2. The lowest BCUT2D eigenvalue weighted by atomic mass is 9.75. The third-order valence-corrected chi connectivity index (χ3v) is 18.9. The minimum Gasteiger partial charge on any atom is -0.548 e. The summed E-state index contributed by atoms with van der Waals surface area (Å²) in [5.41, 5.74) is 2.75. The molecule has 4 fully saturated rings. The molecule has 0 bridgehead atoms. The first-order valence-electron chi connectivity index (χ1n) is 16.5. The summed E-state index contributed by atoms with van der Waals surface area (Å²) < 4.78 is 40.8. The van der Waals surface area contributed by atoms with Gasteiger partial charge in [-0.05, 0) is 85.7 Å². The molecule has 0 radical (unpaired) electrons. The molecule has 244 valence electrons. The number of aryl methyl sites for hydroxylation is 1. The highest BCUT2D eigenvalue weighted by Gasteiger charge is 2.75. The average Bonchev–Trinajstić information content (AvgIpc) is 3.57. The Morgan fingerprint density at radius 2 is 1.77 bits per heavy atom. The number of ether oxygens (including phenoxy) is 1. The number of nitrogens with zero attached hydrogens (tertiary/aromatic N) is 2. The number of hydroxylamine groups is 2. The summed E-state index contributed by atoms with van der Waals surface area (Å²) in [6.45, 7) is 20.3. The fourth-order valence-corrected chi connectivity index (χ4v) is 15.9. The fraction of sp³-hybridized carbons (Fsp3) is 0.676. The maximum absolute atomic E-state index is 14.0. The van der Waals surface area contributed by atoms with Crippen molar-refractivity contribution in [3.63, 3.8) is 0 Å². The Hall–Kier alpha value is -2.14. The minimum atomic E-state index is -3.75. The Bertz CT molecular complexity index is 1340. The summed E-state index contributed by atoms with van der Waals surface area (Å²) in [7, 11) is -5.86. The van der Waals surface area contributed by atoms with Gasteiger partial charge in [-0.3, -0.25) is 9.74 Å². The fourth-order valence-electron chi connectivity index (χ4n) is 8.98. The number of allylic oxidation sites excluding steroid dienone is 2. The second-order valence-corrected chi connectivity index (χ2v) is 21.8. The highest BCUT2D eigenvalue weighted by Crippen LogP contribution is 2.59. The van der Waals surface area contributed by atoms with Crippen LogP contribution >= 0.6 is 0 Å². The van der Waals surface area contributed by atoms with Gasteiger partial charge in [0.1, 0.15) is 12.0 Å². The van der Waals surface area contributed by atoms with Gasteiger partial charge in [0, 0.05) is 12.5 Å². The predicted octanol–water partition coefficient (Wildman–Crippen LogP) is 7.72. The van der Waals surface area contributed by atoms with Crippen LogP contribution in [0.15, 0.2) is 53.7 Å². The SMILES string of the molecule is C=CCCC/C(=C/O[Si](C(C)C)(C(C)C)C(C)C)C[C@@H]1CN2C(=O)O[C@@H]3CON4C(S(=O)(=O)c5ccc(C)cc5)CC[C@@H]1[C@]324. The molecule has 0 N–H and O–H groups in total. The molecule has 1 amide bonds. The first-order valence-corrected chi connectivity index (χ1v) is 20.2. The Morgan fingerprint density at radius 1 is 1.11 bits per heavy atom. The molecule has 5 rings (SSSR count). The molecule has 1 aromatic rings. The topological polar surface area (TPSA) is 85.4 Å². The standard InChI is InChI=1S/C34H52N2O6SSi/c1-9-10-11-12-27(21-41-44(23(2)3,24(4)5)25(6)7)19-28-20-35-33(37)42-31-22-40-36-32(18-17-30(28)34(31,35)36)43(38,39)29-15-13-26(8)14-16-29/h9,13-16,21,23-25,28,30-32H,1,10-12,17-20,22H2,2-8H3/b27-21-/t28-,30+,31-,32?,34+/m1/s1. The summed E-state index contributed by atoms with van der Waals surface area (Å²) in [4.78, 5) is 21.6. The number of unbranched alkanes of at least 4 members (excludes halogenated alkanes) is 1. The Morgan fingerprint density at radius 3 is 2.39 bits per heavy atom. The zero-order valence-electron chi connectivity index (χ0n) is 27.6. The highest BCUT2D eigenvalue weighted by atomic mass is 32.2. The number of rotatable bonds is 13. The molecular formula is C34H52N2O6SSi. The number of hydrogen-bond donors (Lipinski definition) is 0. The molecule has 10 heteroatoms. The normalized spacial score (nSPS) is 29.0. The first-order chi connectivity index (χ1) is 20.8. The van der Waals surface area contributed by atoms with Gasteiger partial charge in [-0.2, -0.15) is 0 Å². The van der Waals surface area contributed by atoms with Gasteiger partial charge in [-0.25, -0.2) is 13.2 Å². The van der Waals surface area contributed by atoms with Gasteiger partial charge >= 0.3 is 6.09 Å². The summed E-state index contributed by atoms with van der Waals surface area (Å²) in [6, 6.07) is 6.98. The lowest BCUT2D eigenvalue weighted by Gasteiger charge is -2.47. The van der Waals surface area contributed by atoms with Gasteiger partial charge in [0.05, 0.1) is 11.2 Å². The molecule has 4 aliphatic rings. The van der Waals surface area contributed by atoms with Gasteiger partial charge in [0.15, 0.2) is 21.6 Å². The number of amides is 1. The van der Waals surface area contributed by atoms with Gasteiger partial charge in [-0.1, -0.05) is 65.3 Å². The van der Waals surface area contributed by atoms with Crippen LogP contribution in [-0.4, -0.2) is 63.1 Å². The van der Waals surface area contributed by atoms with E-state index in [9.17, 15) is 13.2 Å². The van der Waals surface area contributed by atoms with Crippen LogP contribution in [0.3, 0.4) is 0 Å². The number of benzene rings is 1. The lowest BCUT2D eigenvalue weighted by Crippen LogP contribution is -2.65. The molecule has 1 aromatic carbocycles. The maximum Gasteiger partial charge on any atom is 0.411 e. The van der Waals surface area contributed by atoms with E-state index in [-0.39, 0.29) is 29.4 Å². The lowest BCUT2D eigenvalue weighted by molar-refractivity contribution is -0.226. The molecule has 8 nitrogen and oxygen atoms in total. The predicted molar refractivity (Wildman–Crippen MR) is 175 cm³/mol. The van der Waals surface area contributed by atoms with Crippen LogP contribution in [0.25, 0.3) is 0 Å². The van der Waals surface area contributed by atoms with E-state index in [4.69, 9.17) is 14.0 Å². The zero-order valence-corrected chi connectivity index (χ0v) is 29.4. The molecule has 44 heavy (non-hydrogen) atoms. The largest absolute Gasteiger partial charge is 0.548 e. The third kappa shape index (κ3) is 5.27. The number of piperidine rings is 1. The van der Waals surface area contributed by atoms with Crippen LogP contribution in [-0.2, 0) is 23.8 Å². The van der Waals surface area contributed by atoms with Crippen molar-refractivity contribution in [2.75, 3.05) is 13.2 Å². The van der Waals surface area contributed by atoms with Crippen LogP contribution in [0.5, 0.6) is 0 Å². The van der Waals surface area contributed by atoms with Crippen molar-refractivity contribution in [3.8, 4) is 0 Å². The summed E-state index contributed by atoms with van der Waals surface area (Å²) in [5.74, 6) is 0.167. The molecular weight excluding hydrogens is 593 g/mol. The van der Waals surface area contributed by atoms with Crippen molar-refractivity contribution < 1.29 is 27.2 Å². The first kappa shape index (κ1) is 33.2. The van der Waals surface area contributed by atoms with Gasteiger partial charge in [-0.15, -0.1) is 11.6 Å². The molecule has 0 saturated carbocycles. The Labute approximate surface area is 265 Å². The monoisotopic (exact) mass is 644 g/mol. The third-order valence-electron chi connectivity index (χ3n) is 10.9.